The van der Waals surface area contributed by atoms with Gasteiger partial charge in [-0.1, -0.05) is 192 Å². The van der Waals surface area contributed by atoms with Crippen molar-refractivity contribution in [3.8, 4) is 0 Å². The number of hydrogen-bond donors (Lipinski definition) is 6. The van der Waals surface area contributed by atoms with Crippen LogP contribution in [0.2, 0.25) is 0 Å². The Kier molecular flexibility index (Phi) is 42.5. The van der Waals surface area contributed by atoms with Gasteiger partial charge in [0.25, 0.3) is 0 Å². The van der Waals surface area contributed by atoms with Crippen LogP contribution < -0.4 is 5.32 Å². The SMILES string of the molecule is CCCCCCC/C=C/CC/C=C/C(O)C(COC1OC(CO)C(O)C(O)C1O)NC(=O)CCCCCCC/C=C\CCCCCCCCCOC(=O)CCCCCCCCCCCCC. The summed E-state index contributed by atoms with van der Waals surface area (Å²) in [6, 6.07) is -0.838. The molecular weight excluding hydrogens is 835 g/mol. The highest BCUT2D eigenvalue weighted by molar-refractivity contribution is 5.76. The molecule has 7 unspecified atom stereocenters. The number of nitrogens with one attached hydrogen (secondary N) is 1. The predicted octanol–water partition coefficient (Wildman–Crippen LogP) is 11.6. The number of rotatable bonds is 46. The Hall–Kier alpha value is -2.12. The molecule has 0 saturated carbocycles. The first-order valence-corrected chi connectivity index (χ1v) is 27.3. The van der Waals surface area contributed by atoms with E-state index in [-0.39, 0.29) is 18.5 Å². The van der Waals surface area contributed by atoms with Crippen LogP contribution in [0.15, 0.2) is 36.5 Å². The minimum absolute atomic E-state index is 0.0225. The van der Waals surface area contributed by atoms with Gasteiger partial charge in [-0.15, -0.1) is 0 Å². The number of ether oxygens (including phenoxy) is 3. The van der Waals surface area contributed by atoms with E-state index in [0.717, 1.165) is 89.9 Å². The monoisotopic (exact) mass is 936 g/mol. The number of carbonyl (C=O) groups is 2. The van der Waals surface area contributed by atoms with Gasteiger partial charge in [0.2, 0.25) is 5.91 Å². The summed E-state index contributed by atoms with van der Waals surface area (Å²) < 4.78 is 16.6. The fourth-order valence-corrected chi connectivity index (χ4v) is 8.33. The van der Waals surface area contributed by atoms with Crippen LogP contribution in [0.5, 0.6) is 0 Å². The van der Waals surface area contributed by atoms with Gasteiger partial charge in [-0.2, -0.15) is 0 Å². The van der Waals surface area contributed by atoms with Crippen molar-refractivity contribution in [3.63, 3.8) is 0 Å². The molecule has 1 aliphatic rings. The molecule has 1 amide bonds. The molecule has 7 atom stereocenters. The minimum atomic E-state index is -1.58. The van der Waals surface area contributed by atoms with Crippen LogP contribution >= 0.6 is 0 Å². The summed E-state index contributed by atoms with van der Waals surface area (Å²) in [6.45, 7) is 4.25. The third kappa shape index (κ3) is 35.1. The minimum Gasteiger partial charge on any atom is -0.466 e. The number of amides is 1. The second-order valence-corrected chi connectivity index (χ2v) is 18.9. The lowest BCUT2D eigenvalue weighted by Gasteiger charge is -2.40. The Morgan fingerprint density at radius 2 is 0.985 bits per heavy atom. The van der Waals surface area contributed by atoms with E-state index in [2.05, 4.69) is 43.5 Å². The Balaban J connectivity index is 2.15. The van der Waals surface area contributed by atoms with Crippen LogP contribution in [0.1, 0.15) is 239 Å². The number of hydrogen-bond acceptors (Lipinski definition) is 10. The molecule has 1 heterocycles. The van der Waals surface area contributed by atoms with Crippen LogP contribution in [0.25, 0.3) is 0 Å². The molecule has 386 valence electrons. The summed E-state index contributed by atoms with van der Waals surface area (Å²) in [4.78, 5) is 25.0. The van der Waals surface area contributed by atoms with Gasteiger partial charge < -0.3 is 45.1 Å². The highest BCUT2D eigenvalue weighted by atomic mass is 16.7. The van der Waals surface area contributed by atoms with Gasteiger partial charge in [-0.3, -0.25) is 9.59 Å². The van der Waals surface area contributed by atoms with E-state index in [1.54, 1.807) is 6.08 Å². The Bertz CT molecular complexity index is 1190. The van der Waals surface area contributed by atoms with E-state index < -0.39 is 49.5 Å². The molecular formula is C55H101NO10. The zero-order chi connectivity index (χ0) is 48.1. The third-order valence-corrected chi connectivity index (χ3v) is 12.7. The first kappa shape index (κ1) is 61.9. The lowest BCUT2D eigenvalue weighted by atomic mass is 9.99. The summed E-state index contributed by atoms with van der Waals surface area (Å²) in [5.41, 5.74) is 0. The summed E-state index contributed by atoms with van der Waals surface area (Å²) in [5.74, 6) is -0.233. The van der Waals surface area contributed by atoms with Crippen molar-refractivity contribution >= 4 is 11.9 Å². The van der Waals surface area contributed by atoms with Crippen molar-refractivity contribution in [2.45, 2.75) is 281 Å². The Morgan fingerprint density at radius 3 is 1.50 bits per heavy atom. The molecule has 1 aliphatic heterocycles. The molecule has 1 fully saturated rings. The van der Waals surface area contributed by atoms with Gasteiger partial charge >= 0.3 is 5.97 Å². The number of esters is 1. The largest absolute Gasteiger partial charge is 0.466 e. The zero-order valence-electron chi connectivity index (χ0n) is 42.2. The summed E-state index contributed by atoms with van der Waals surface area (Å²) >= 11 is 0. The van der Waals surface area contributed by atoms with Crippen molar-refractivity contribution in [1.82, 2.24) is 5.32 Å². The highest BCUT2D eigenvalue weighted by Gasteiger charge is 2.44. The average molecular weight is 936 g/mol. The van der Waals surface area contributed by atoms with Gasteiger partial charge in [0, 0.05) is 12.8 Å². The van der Waals surface area contributed by atoms with Gasteiger partial charge in [-0.05, 0) is 70.6 Å². The molecule has 11 heteroatoms. The smallest absolute Gasteiger partial charge is 0.305 e. The first-order valence-electron chi connectivity index (χ1n) is 27.3. The van der Waals surface area contributed by atoms with Crippen molar-refractivity contribution in [1.29, 1.82) is 0 Å². The van der Waals surface area contributed by atoms with E-state index in [1.807, 2.05) is 6.08 Å². The molecule has 0 aliphatic carbocycles. The lowest BCUT2D eigenvalue weighted by Crippen LogP contribution is -2.60. The van der Waals surface area contributed by atoms with Crippen molar-refractivity contribution in [3.05, 3.63) is 36.5 Å². The number of carbonyl (C=O) groups excluding carboxylic acids is 2. The maximum atomic E-state index is 13.0. The molecule has 66 heavy (non-hydrogen) atoms. The fourth-order valence-electron chi connectivity index (χ4n) is 8.33. The maximum absolute atomic E-state index is 13.0. The molecule has 11 nitrogen and oxygen atoms in total. The second-order valence-electron chi connectivity index (χ2n) is 18.9. The number of unbranched alkanes of at least 4 members (excludes halogenated alkanes) is 28. The van der Waals surface area contributed by atoms with Crippen molar-refractivity contribution in [2.24, 2.45) is 0 Å². The predicted molar refractivity (Wildman–Crippen MR) is 269 cm³/mol. The normalized spacial score (nSPS) is 19.9. The highest BCUT2D eigenvalue weighted by Crippen LogP contribution is 2.23. The van der Waals surface area contributed by atoms with Gasteiger partial charge in [0.1, 0.15) is 24.4 Å². The van der Waals surface area contributed by atoms with Crippen molar-refractivity contribution in [2.75, 3.05) is 19.8 Å². The van der Waals surface area contributed by atoms with E-state index in [4.69, 9.17) is 14.2 Å². The zero-order valence-corrected chi connectivity index (χ0v) is 42.2. The lowest BCUT2D eigenvalue weighted by molar-refractivity contribution is -0.302. The summed E-state index contributed by atoms with van der Waals surface area (Å²) in [5, 5.41) is 54.2. The summed E-state index contributed by atoms with van der Waals surface area (Å²) in [7, 11) is 0. The quantitative estimate of drug-likeness (QED) is 0.0196. The number of aliphatic hydroxyl groups excluding tert-OH is 5. The third-order valence-electron chi connectivity index (χ3n) is 12.7. The molecule has 0 aromatic carbocycles. The summed E-state index contributed by atoms with van der Waals surface area (Å²) in [6.07, 6.45) is 43.7. The number of allylic oxidation sites excluding steroid dienone is 5. The molecule has 0 spiro atoms. The van der Waals surface area contributed by atoms with Crippen LogP contribution in [-0.2, 0) is 23.8 Å². The molecule has 0 radical (unpaired) electrons. The molecule has 1 saturated heterocycles. The van der Waals surface area contributed by atoms with Gasteiger partial charge in [0.05, 0.1) is 32.0 Å². The Morgan fingerprint density at radius 1 is 0.545 bits per heavy atom. The first-order chi connectivity index (χ1) is 32.2. The number of aliphatic hydroxyl groups is 5. The fraction of sp³-hybridized carbons (Fsp3) is 0.855. The average Bonchev–Trinajstić information content (AvgIpc) is 3.31. The van der Waals surface area contributed by atoms with Crippen molar-refractivity contribution < 1.29 is 49.3 Å². The molecule has 0 aromatic heterocycles. The molecule has 0 bridgehead atoms. The van der Waals surface area contributed by atoms with Crippen LogP contribution in [0.3, 0.4) is 0 Å². The topological polar surface area (TPSA) is 175 Å². The van der Waals surface area contributed by atoms with E-state index >= 15 is 0 Å². The van der Waals surface area contributed by atoms with Crippen LogP contribution in [-0.4, -0.2) is 100 Å². The van der Waals surface area contributed by atoms with Gasteiger partial charge in [-0.25, -0.2) is 0 Å². The van der Waals surface area contributed by atoms with Gasteiger partial charge in [0.15, 0.2) is 6.29 Å². The van der Waals surface area contributed by atoms with Crippen LogP contribution in [0.4, 0.5) is 0 Å². The maximum Gasteiger partial charge on any atom is 0.305 e. The molecule has 6 N–H and O–H groups in total. The second kappa shape index (κ2) is 45.3. The standard InChI is InChI=1S/C55H101NO10/c1-3-5-7-9-11-13-21-25-29-33-37-41-48(58)47(46-65-55-54(63)53(62)52(61)49(45-57)66-55)56-50(59)42-38-34-30-26-23-19-17-15-16-18-20-24-28-32-36-40-44-64-51(60)43-39-35-31-27-22-14-12-10-8-6-4-2/h15,17,21,25,37,41,47-49,52-55,57-58,61-63H,3-14,16,18-20,22-24,26-36,38-40,42-46H2,1-2H3,(H,56,59)/b17-15-,25-21+,41-37+. The molecule has 1 rings (SSSR count). The van der Waals surface area contributed by atoms with E-state index in [9.17, 15) is 35.1 Å². The van der Waals surface area contributed by atoms with Crippen LogP contribution in [0, 0.1) is 0 Å². The van der Waals surface area contributed by atoms with E-state index in [0.29, 0.717) is 19.4 Å². The Labute approximate surface area is 403 Å². The molecule has 0 aromatic rings. The van der Waals surface area contributed by atoms with E-state index in [1.165, 1.54) is 122 Å².